The van der Waals surface area contributed by atoms with Crippen molar-refractivity contribution >= 4 is 16.9 Å². The van der Waals surface area contributed by atoms with Gasteiger partial charge in [0.1, 0.15) is 5.65 Å². The molecule has 0 spiro atoms. The summed E-state index contributed by atoms with van der Waals surface area (Å²) in [4.78, 5) is 20.0. The average Bonchev–Trinajstić information content (AvgIpc) is 3.11. The van der Waals surface area contributed by atoms with Gasteiger partial charge in [-0.25, -0.2) is 4.98 Å². The number of hydrogen-bond donors (Lipinski definition) is 2. The number of carbonyl (C=O) groups excluding carboxylic acids is 1. The fourth-order valence-electron chi connectivity index (χ4n) is 3.22. The van der Waals surface area contributed by atoms with E-state index < -0.39 is 0 Å². The minimum absolute atomic E-state index is 0.0249. The molecule has 0 aliphatic heterocycles. The van der Waals surface area contributed by atoms with Crippen molar-refractivity contribution in [2.24, 2.45) is 0 Å². The van der Waals surface area contributed by atoms with E-state index in [1.54, 1.807) is 0 Å². The Kier molecular flexibility index (Phi) is 4.97. The van der Waals surface area contributed by atoms with Crippen molar-refractivity contribution in [3.8, 4) is 11.1 Å². The van der Waals surface area contributed by atoms with Gasteiger partial charge < -0.3 is 10.3 Å². The minimum Gasteiger partial charge on any atom is -0.355 e. The second-order valence-electron chi connectivity index (χ2n) is 6.56. The van der Waals surface area contributed by atoms with Crippen LogP contribution in [0.15, 0.2) is 79.1 Å². The molecule has 0 fully saturated rings. The molecular formula is C23H21N3O. The number of fused-ring (bicyclic) bond motifs is 1. The van der Waals surface area contributed by atoms with Gasteiger partial charge in [-0.2, -0.15) is 0 Å². The van der Waals surface area contributed by atoms with Gasteiger partial charge in [0.25, 0.3) is 0 Å². The summed E-state index contributed by atoms with van der Waals surface area (Å²) in [6, 6.07) is 22.4. The normalized spacial score (nSPS) is 10.8. The first-order valence-electron chi connectivity index (χ1n) is 9.11. The molecule has 2 heterocycles. The third-order valence-electron chi connectivity index (χ3n) is 4.65. The van der Waals surface area contributed by atoms with Crippen LogP contribution in [0.5, 0.6) is 0 Å². The van der Waals surface area contributed by atoms with Gasteiger partial charge in [0.05, 0.1) is 6.42 Å². The highest BCUT2D eigenvalue weighted by atomic mass is 16.1. The summed E-state index contributed by atoms with van der Waals surface area (Å²) in [5.74, 6) is 0.0249. The minimum atomic E-state index is 0.0249. The molecule has 134 valence electrons. The van der Waals surface area contributed by atoms with E-state index in [1.165, 1.54) is 5.56 Å². The van der Waals surface area contributed by atoms with E-state index in [9.17, 15) is 4.79 Å². The Morgan fingerprint density at radius 3 is 2.48 bits per heavy atom. The summed E-state index contributed by atoms with van der Waals surface area (Å²) in [5, 5.41) is 4.00. The number of nitrogens with zero attached hydrogens (tertiary/aromatic N) is 1. The predicted octanol–water partition coefficient (Wildman–Crippen LogP) is 4.13. The van der Waals surface area contributed by atoms with E-state index in [0.29, 0.717) is 13.0 Å². The molecule has 27 heavy (non-hydrogen) atoms. The van der Waals surface area contributed by atoms with Gasteiger partial charge in [-0.15, -0.1) is 0 Å². The van der Waals surface area contributed by atoms with E-state index in [2.05, 4.69) is 45.6 Å². The molecule has 2 N–H and O–H groups in total. The number of H-pyrrole nitrogens is 1. The maximum absolute atomic E-state index is 12.4. The van der Waals surface area contributed by atoms with Crippen molar-refractivity contribution < 1.29 is 4.79 Å². The summed E-state index contributed by atoms with van der Waals surface area (Å²) in [7, 11) is 0. The van der Waals surface area contributed by atoms with Gasteiger partial charge in [-0.05, 0) is 29.2 Å². The Morgan fingerprint density at radius 2 is 1.70 bits per heavy atom. The van der Waals surface area contributed by atoms with Crippen LogP contribution in [0.1, 0.15) is 11.1 Å². The molecule has 0 atom stereocenters. The second-order valence-corrected chi connectivity index (χ2v) is 6.56. The average molecular weight is 355 g/mol. The predicted molar refractivity (Wildman–Crippen MR) is 108 cm³/mol. The molecule has 2 aromatic heterocycles. The molecule has 2 aromatic carbocycles. The zero-order valence-electron chi connectivity index (χ0n) is 15.0. The molecule has 0 saturated carbocycles. The number of nitrogens with one attached hydrogen (secondary N) is 2. The summed E-state index contributed by atoms with van der Waals surface area (Å²) in [5.41, 5.74) is 5.16. The Balaban J connectivity index is 1.44. The molecule has 0 radical (unpaired) electrons. The van der Waals surface area contributed by atoms with E-state index in [1.807, 2.05) is 48.8 Å². The van der Waals surface area contributed by atoms with Crippen molar-refractivity contribution in [3.05, 3.63) is 90.3 Å². The summed E-state index contributed by atoms with van der Waals surface area (Å²) in [6.07, 6.45) is 4.91. The topological polar surface area (TPSA) is 57.8 Å². The van der Waals surface area contributed by atoms with Crippen LogP contribution >= 0.6 is 0 Å². The smallest absolute Gasteiger partial charge is 0.224 e. The Labute approximate surface area is 158 Å². The maximum atomic E-state index is 12.4. The number of pyridine rings is 1. The molecule has 4 rings (SSSR count). The van der Waals surface area contributed by atoms with Crippen molar-refractivity contribution in [2.75, 3.05) is 6.54 Å². The molecular weight excluding hydrogens is 334 g/mol. The molecule has 0 unspecified atom stereocenters. The zero-order valence-corrected chi connectivity index (χ0v) is 15.0. The maximum Gasteiger partial charge on any atom is 0.224 e. The largest absolute Gasteiger partial charge is 0.355 e. The number of aromatic amines is 1. The third-order valence-corrected chi connectivity index (χ3v) is 4.65. The van der Waals surface area contributed by atoms with Crippen molar-refractivity contribution in [2.45, 2.75) is 12.8 Å². The van der Waals surface area contributed by atoms with Gasteiger partial charge in [-0.1, -0.05) is 60.7 Å². The lowest BCUT2D eigenvalue weighted by molar-refractivity contribution is -0.120. The van der Waals surface area contributed by atoms with Gasteiger partial charge in [0.15, 0.2) is 0 Å². The van der Waals surface area contributed by atoms with Gasteiger partial charge in [-0.3, -0.25) is 4.79 Å². The molecule has 4 aromatic rings. The lowest BCUT2D eigenvalue weighted by atomic mass is 10.0. The van der Waals surface area contributed by atoms with Crippen LogP contribution in [-0.2, 0) is 17.6 Å². The van der Waals surface area contributed by atoms with E-state index in [4.69, 9.17) is 0 Å². The molecule has 1 amide bonds. The fourth-order valence-corrected chi connectivity index (χ4v) is 3.22. The number of hydrogen-bond acceptors (Lipinski definition) is 2. The number of amides is 1. The third kappa shape index (κ3) is 4.06. The van der Waals surface area contributed by atoms with Gasteiger partial charge in [0.2, 0.25) is 5.91 Å². The van der Waals surface area contributed by atoms with Crippen molar-refractivity contribution in [3.63, 3.8) is 0 Å². The highest BCUT2D eigenvalue weighted by Crippen LogP contribution is 2.24. The molecule has 4 nitrogen and oxygen atoms in total. The zero-order chi connectivity index (χ0) is 18.5. The van der Waals surface area contributed by atoms with E-state index in [0.717, 1.165) is 34.1 Å². The lowest BCUT2D eigenvalue weighted by Crippen LogP contribution is -2.27. The first-order chi connectivity index (χ1) is 13.3. The molecule has 0 saturated heterocycles. The lowest BCUT2D eigenvalue weighted by Gasteiger charge is -2.06. The Bertz CT molecular complexity index is 1040. The van der Waals surface area contributed by atoms with Gasteiger partial charge in [0, 0.05) is 29.9 Å². The van der Waals surface area contributed by atoms with Crippen LogP contribution in [0.2, 0.25) is 0 Å². The van der Waals surface area contributed by atoms with Crippen LogP contribution in [-0.4, -0.2) is 22.4 Å². The van der Waals surface area contributed by atoms with Gasteiger partial charge >= 0.3 is 0 Å². The van der Waals surface area contributed by atoms with E-state index >= 15 is 0 Å². The second kappa shape index (κ2) is 7.87. The molecule has 0 aliphatic rings. The fraction of sp³-hybridized carbons (Fsp3) is 0.130. The number of rotatable bonds is 6. The number of carbonyl (C=O) groups is 1. The summed E-state index contributed by atoms with van der Waals surface area (Å²) < 4.78 is 0. The summed E-state index contributed by atoms with van der Waals surface area (Å²) in [6.45, 7) is 0.638. The number of aromatic nitrogens is 2. The van der Waals surface area contributed by atoms with Crippen LogP contribution in [0.3, 0.4) is 0 Å². The van der Waals surface area contributed by atoms with Crippen LogP contribution in [0.25, 0.3) is 22.2 Å². The standard InChI is InChI=1S/C23H21N3O/c27-22(24-12-11-17-7-3-1-4-8-17)14-20-16-26-23-21(20)13-19(15-25-23)18-9-5-2-6-10-18/h1-10,13,15-16H,11-12,14H2,(H,24,27)(H,25,26). The SMILES string of the molecule is O=C(Cc1c[nH]c2ncc(-c3ccccc3)cc12)NCCc1ccccc1. The Hall–Kier alpha value is -3.40. The first kappa shape index (κ1) is 17.0. The van der Waals surface area contributed by atoms with E-state index in [-0.39, 0.29) is 5.91 Å². The van der Waals surface area contributed by atoms with Crippen molar-refractivity contribution in [1.82, 2.24) is 15.3 Å². The first-order valence-corrected chi connectivity index (χ1v) is 9.11. The number of benzene rings is 2. The highest BCUT2D eigenvalue weighted by molar-refractivity contribution is 5.89. The summed E-state index contributed by atoms with van der Waals surface area (Å²) >= 11 is 0. The van der Waals surface area contributed by atoms with Crippen LogP contribution in [0, 0.1) is 0 Å². The monoisotopic (exact) mass is 355 g/mol. The molecule has 4 heteroatoms. The quantitative estimate of drug-likeness (QED) is 0.546. The highest BCUT2D eigenvalue weighted by Gasteiger charge is 2.11. The molecule has 0 aliphatic carbocycles. The molecule has 0 bridgehead atoms. The van der Waals surface area contributed by atoms with Crippen LogP contribution in [0.4, 0.5) is 0 Å². The van der Waals surface area contributed by atoms with Crippen molar-refractivity contribution in [1.29, 1.82) is 0 Å². The van der Waals surface area contributed by atoms with Crippen LogP contribution < -0.4 is 5.32 Å². The Morgan fingerprint density at radius 1 is 0.963 bits per heavy atom.